The van der Waals surface area contributed by atoms with Crippen LogP contribution in [0.1, 0.15) is 163 Å². The van der Waals surface area contributed by atoms with E-state index in [1.165, 1.54) is 19.3 Å². The molecule has 0 bridgehead atoms. The van der Waals surface area contributed by atoms with Crippen LogP contribution in [0.3, 0.4) is 0 Å². The number of nitrogens with one attached hydrogen (secondary N) is 2. The van der Waals surface area contributed by atoms with Gasteiger partial charge >= 0.3 is 11.9 Å². The third kappa shape index (κ3) is 23.8. The number of nitrogens with two attached hydrogens (primary N) is 1. The van der Waals surface area contributed by atoms with Gasteiger partial charge in [-0.15, -0.1) is 0 Å². The topological polar surface area (TPSA) is 137 Å². The average Bonchev–Trinajstić information content (AvgIpc) is 3.03. The van der Waals surface area contributed by atoms with Crippen molar-refractivity contribution in [1.82, 2.24) is 10.6 Å². The number of ether oxygens (including phenoxy) is 2. The maximum atomic E-state index is 12.7. The third-order valence-corrected chi connectivity index (χ3v) is 8.31. The molecule has 0 radical (unpaired) electrons. The number of hydrogen-bond donors (Lipinski definition) is 3. The Morgan fingerprint density at radius 3 is 1.56 bits per heavy atom. The fourth-order valence-electron chi connectivity index (χ4n) is 5.37. The van der Waals surface area contributed by atoms with Crippen LogP contribution in [-0.2, 0) is 28.7 Å². The van der Waals surface area contributed by atoms with Crippen molar-refractivity contribution in [3.8, 4) is 0 Å². The first-order chi connectivity index (χ1) is 21.8. The predicted octanol–water partition coefficient (Wildman–Crippen LogP) is 7.14. The van der Waals surface area contributed by atoms with Gasteiger partial charge in [0, 0.05) is 13.0 Å². The van der Waals surface area contributed by atoms with Gasteiger partial charge in [0.25, 0.3) is 0 Å². The summed E-state index contributed by atoms with van der Waals surface area (Å²) in [5, 5.41) is 5.64. The Balaban J connectivity index is 4.38. The monoisotopic (exact) mass is 640 g/mol. The molecule has 0 aromatic rings. The summed E-state index contributed by atoms with van der Waals surface area (Å²) in [6, 6.07) is -0.712. The molecule has 9 heteroatoms. The fourth-order valence-corrected chi connectivity index (χ4v) is 5.37. The summed E-state index contributed by atoms with van der Waals surface area (Å²) in [4.78, 5) is 50.5. The molecule has 0 aliphatic rings. The molecule has 3 unspecified atom stereocenters. The Kier molecular flexibility index (Phi) is 29.0. The zero-order valence-corrected chi connectivity index (χ0v) is 29.4. The van der Waals surface area contributed by atoms with E-state index in [-0.39, 0.29) is 55.2 Å². The number of amides is 2. The Morgan fingerprint density at radius 1 is 0.578 bits per heavy atom. The molecule has 0 aromatic carbocycles. The number of carbonyl (C=O) groups excluding carboxylic acids is 4. The van der Waals surface area contributed by atoms with Crippen molar-refractivity contribution in [2.45, 2.75) is 169 Å². The maximum Gasteiger partial charge on any atom is 0.308 e. The summed E-state index contributed by atoms with van der Waals surface area (Å²) in [7, 11) is 0. The van der Waals surface area contributed by atoms with Crippen LogP contribution in [0.15, 0.2) is 0 Å². The highest BCUT2D eigenvalue weighted by atomic mass is 16.5. The minimum Gasteiger partial charge on any atom is -0.465 e. The zero-order valence-electron chi connectivity index (χ0n) is 29.4. The van der Waals surface area contributed by atoms with Crippen LogP contribution in [0.25, 0.3) is 0 Å². The number of hydrogen-bond acceptors (Lipinski definition) is 7. The lowest BCUT2D eigenvalue weighted by molar-refractivity contribution is -0.150. The SMILES string of the molecule is CCCCCCC(CCCC)C(=O)OCCCCNC(=O)C(CCN)NC(=O)CCCOC(=O)C(CCCC)CCCCCC. The predicted molar refractivity (Wildman–Crippen MR) is 183 cm³/mol. The second kappa shape index (κ2) is 30.5. The highest BCUT2D eigenvalue weighted by molar-refractivity contribution is 5.87. The Bertz CT molecular complexity index is 763. The zero-order chi connectivity index (χ0) is 33.5. The largest absolute Gasteiger partial charge is 0.465 e. The molecule has 0 heterocycles. The first-order valence-corrected chi connectivity index (χ1v) is 18.4. The maximum absolute atomic E-state index is 12.7. The molecule has 264 valence electrons. The summed E-state index contributed by atoms with van der Waals surface area (Å²) in [6.45, 7) is 9.85. The van der Waals surface area contributed by atoms with Gasteiger partial charge in [-0.3, -0.25) is 19.2 Å². The van der Waals surface area contributed by atoms with Crippen molar-refractivity contribution < 1.29 is 28.7 Å². The van der Waals surface area contributed by atoms with E-state index in [9.17, 15) is 19.2 Å². The van der Waals surface area contributed by atoms with Crippen LogP contribution in [0.4, 0.5) is 0 Å². The molecule has 3 atom stereocenters. The summed E-state index contributed by atoms with van der Waals surface area (Å²) in [5.41, 5.74) is 5.70. The van der Waals surface area contributed by atoms with Gasteiger partial charge in [0.05, 0.1) is 25.0 Å². The van der Waals surface area contributed by atoms with E-state index in [0.717, 1.165) is 83.5 Å². The second-order valence-electron chi connectivity index (χ2n) is 12.5. The number of unbranched alkanes of at least 4 members (excludes halogenated alkanes) is 9. The van der Waals surface area contributed by atoms with Crippen LogP contribution < -0.4 is 16.4 Å². The molecule has 0 aliphatic carbocycles. The van der Waals surface area contributed by atoms with Crippen molar-refractivity contribution >= 4 is 23.8 Å². The standard InChI is InChI=1S/C36H69N3O6/c1-5-9-13-15-22-30(20-11-7-3)35(42)44-28-18-17-27-38-34(41)32(25-26-37)39-33(40)24-19-29-45-36(43)31(21-12-8-4)23-16-14-10-6-2/h30-32H,5-29,37H2,1-4H3,(H,38,41)(H,39,40). The Hall–Kier alpha value is -2.16. The van der Waals surface area contributed by atoms with Crippen molar-refractivity contribution in [1.29, 1.82) is 0 Å². The lowest BCUT2D eigenvalue weighted by Crippen LogP contribution is -2.48. The summed E-state index contributed by atoms with van der Waals surface area (Å²) in [5.74, 6) is -0.871. The van der Waals surface area contributed by atoms with E-state index < -0.39 is 6.04 Å². The second-order valence-corrected chi connectivity index (χ2v) is 12.5. The third-order valence-electron chi connectivity index (χ3n) is 8.31. The molecular weight excluding hydrogens is 570 g/mol. The van der Waals surface area contributed by atoms with E-state index in [2.05, 4.69) is 38.3 Å². The van der Waals surface area contributed by atoms with E-state index in [1.54, 1.807) is 0 Å². The fraction of sp³-hybridized carbons (Fsp3) is 0.889. The van der Waals surface area contributed by atoms with Crippen molar-refractivity contribution in [3.05, 3.63) is 0 Å². The number of rotatable bonds is 31. The molecule has 0 aromatic heterocycles. The molecule has 0 spiro atoms. The molecule has 9 nitrogen and oxygen atoms in total. The molecule has 0 rings (SSSR count). The molecular formula is C36H69N3O6. The Labute approximate surface area is 275 Å². The molecule has 45 heavy (non-hydrogen) atoms. The smallest absolute Gasteiger partial charge is 0.308 e. The van der Waals surface area contributed by atoms with Crippen LogP contribution in [-0.4, -0.2) is 56.1 Å². The minimum absolute atomic E-state index is 0.0165. The van der Waals surface area contributed by atoms with Crippen molar-refractivity contribution in [2.75, 3.05) is 26.3 Å². The molecule has 0 saturated carbocycles. The lowest BCUT2D eigenvalue weighted by Gasteiger charge is -2.18. The average molecular weight is 640 g/mol. The highest BCUT2D eigenvalue weighted by Crippen LogP contribution is 2.20. The van der Waals surface area contributed by atoms with Crippen molar-refractivity contribution in [3.63, 3.8) is 0 Å². The molecule has 0 aliphatic heterocycles. The van der Waals surface area contributed by atoms with Crippen LogP contribution in [0, 0.1) is 11.8 Å². The summed E-state index contributed by atoms with van der Waals surface area (Å²) < 4.78 is 11.1. The number of esters is 2. The number of carbonyl (C=O) groups is 4. The molecule has 4 N–H and O–H groups in total. The Morgan fingerprint density at radius 2 is 1.07 bits per heavy atom. The van der Waals surface area contributed by atoms with E-state index in [0.29, 0.717) is 38.8 Å². The normalized spacial score (nSPS) is 13.1. The first-order valence-electron chi connectivity index (χ1n) is 18.4. The summed E-state index contributed by atoms with van der Waals surface area (Å²) in [6.07, 6.45) is 19.0. The van der Waals surface area contributed by atoms with E-state index in [1.807, 2.05) is 0 Å². The van der Waals surface area contributed by atoms with Gasteiger partial charge in [-0.1, -0.05) is 105 Å². The first kappa shape index (κ1) is 42.8. The molecule has 0 fully saturated rings. The van der Waals surface area contributed by atoms with Gasteiger partial charge in [-0.25, -0.2) is 0 Å². The minimum atomic E-state index is -0.712. The van der Waals surface area contributed by atoms with Gasteiger partial charge < -0.3 is 25.8 Å². The molecule has 2 amide bonds. The van der Waals surface area contributed by atoms with Gasteiger partial charge in [-0.2, -0.15) is 0 Å². The van der Waals surface area contributed by atoms with Crippen LogP contribution in [0.5, 0.6) is 0 Å². The van der Waals surface area contributed by atoms with Gasteiger partial charge in [0.1, 0.15) is 6.04 Å². The van der Waals surface area contributed by atoms with Gasteiger partial charge in [0.15, 0.2) is 0 Å². The van der Waals surface area contributed by atoms with Gasteiger partial charge in [-0.05, 0) is 57.9 Å². The quantitative estimate of drug-likeness (QED) is 0.0542. The lowest BCUT2D eigenvalue weighted by atomic mass is 9.95. The van der Waals surface area contributed by atoms with E-state index in [4.69, 9.17) is 15.2 Å². The highest BCUT2D eigenvalue weighted by Gasteiger charge is 2.22. The van der Waals surface area contributed by atoms with Crippen LogP contribution in [0.2, 0.25) is 0 Å². The summed E-state index contributed by atoms with van der Waals surface area (Å²) >= 11 is 0. The van der Waals surface area contributed by atoms with Crippen molar-refractivity contribution in [2.24, 2.45) is 17.6 Å². The van der Waals surface area contributed by atoms with Crippen LogP contribution >= 0.6 is 0 Å². The molecule has 0 saturated heterocycles. The van der Waals surface area contributed by atoms with Gasteiger partial charge in [0.2, 0.25) is 11.8 Å². The van der Waals surface area contributed by atoms with E-state index >= 15 is 0 Å².